The van der Waals surface area contributed by atoms with Crippen LogP contribution in [0, 0.1) is 10.1 Å². The summed E-state index contributed by atoms with van der Waals surface area (Å²) < 4.78 is 5.25. The fourth-order valence-electron chi connectivity index (χ4n) is 1.51. The Balaban J connectivity index is 3.01. The predicted molar refractivity (Wildman–Crippen MR) is 75.0 cm³/mol. The third-order valence-electron chi connectivity index (χ3n) is 2.32. The molecule has 0 spiro atoms. The van der Waals surface area contributed by atoms with Gasteiger partial charge in [0, 0.05) is 17.9 Å². The van der Waals surface area contributed by atoms with Crippen molar-refractivity contribution in [3.63, 3.8) is 0 Å². The highest BCUT2D eigenvalue weighted by Gasteiger charge is 2.22. The van der Waals surface area contributed by atoms with Gasteiger partial charge in [-0.3, -0.25) is 14.9 Å². The summed E-state index contributed by atoms with van der Waals surface area (Å²) >= 11 is 3.26. The summed E-state index contributed by atoms with van der Waals surface area (Å²) in [5.41, 5.74) is -0.0133. The first kappa shape index (κ1) is 15.4. The second-order valence-electron chi connectivity index (χ2n) is 3.64. The van der Waals surface area contributed by atoms with E-state index >= 15 is 0 Å². The minimum absolute atomic E-state index is 0.0198. The van der Waals surface area contributed by atoms with E-state index in [1.807, 2.05) is 0 Å². The smallest absolute Gasteiger partial charge is 0.311 e. The van der Waals surface area contributed by atoms with Crippen LogP contribution in [0.3, 0.4) is 0 Å². The number of amides is 1. The van der Waals surface area contributed by atoms with Crippen LogP contribution in [0.1, 0.15) is 23.7 Å². The number of halogens is 1. The lowest BCUT2D eigenvalue weighted by molar-refractivity contribution is -0.385. The van der Waals surface area contributed by atoms with E-state index in [4.69, 9.17) is 4.74 Å². The van der Waals surface area contributed by atoms with Gasteiger partial charge in [-0.25, -0.2) is 0 Å². The highest BCUT2D eigenvalue weighted by molar-refractivity contribution is 9.09. The quantitative estimate of drug-likeness (QED) is 0.360. The zero-order chi connectivity index (χ0) is 14.3. The van der Waals surface area contributed by atoms with E-state index in [1.165, 1.54) is 18.2 Å². The normalized spacial score (nSPS) is 10.0. The monoisotopic (exact) mass is 330 g/mol. The first-order valence-corrected chi connectivity index (χ1v) is 6.98. The van der Waals surface area contributed by atoms with Gasteiger partial charge in [0.25, 0.3) is 5.91 Å². The number of para-hydroxylation sites is 1. The van der Waals surface area contributed by atoms with E-state index in [1.54, 1.807) is 6.92 Å². The minimum atomic E-state index is -0.555. The van der Waals surface area contributed by atoms with Gasteiger partial charge in [0.05, 0.1) is 17.1 Å². The van der Waals surface area contributed by atoms with E-state index in [0.717, 1.165) is 11.8 Å². The highest BCUT2D eigenvalue weighted by atomic mass is 79.9. The Morgan fingerprint density at radius 2 is 2.26 bits per heavy atom. The molecule has 1 N–H and O–H groups in total. The van der Waals surface area contributed by atoms with Crippen LogP contribution in [-0.2, 0) is 0 Å². The maximum atomic E-state index is 12.0. The van der Waals surface area contributed by atoms with E-state index < -0.39 is 4.92 Å². The van der Waals surface area contributed by atoms with Crippen molar-refractivity contribution in [2.45, 2.75) is 13.3 Å². The molecule has 0 aliphatic heterocycles. The molecule has 1 aromatic rings. The van der Waals surface area contributed by atoms with E-state index in [-0.39, 0.29) is 29.5 Å². The second kappa shape index (κ2) is 7.73. The number of carbonyl (C=O) groups is 1. The summed E-state index contributed by atoms with van der Waals surface area (Å²) in [6.07, 6.45) is 0.782. The number of benzene rings is 1. The van der Waals surface area contributed by atoms with Crippen molar-refractivity contribution in [1.29, 1.82) is 0 Å². The number of nitrogens with zero attached hydrogens (tertiary/aromatic N) is 1. The molecule has 0 fully saturated rings. The maximum absolute atomic E-state index is 12.0. The van der Waals surface area contributed by atoms with Crippen molar-refractivity contribution in [3.8, 4) is 5.75 Å². The number of nitro benzene ring substituents is 1. The maximum Gasteiger partial charge on any atom is 0.311 e. The summed E-state index contributed by atoms with van der Waals surface area (Å²) in [6, 6.07) is 4.31. The van der Waals surface area contributed by atoms with Crippen LogP contribution in [0.2, 0.25) is 0 Å². The largest absolute Gasteiger partial charge is 0.487 e. The zero-order valence-corrected chi connectivity index (χ0v) is 12.1. The third-order valence-corrected chi connectivity index (χ3v) is 2.88. The van der Waals surface area contributed by atoms with Gasteiger partial charge < -0.3 is 10.1 Å². The molecule has 104 valence electrons. The predicted octanol–water partition coefficient (Wildman–Crippen LogP) is 2.51. The minimum Gasteiger partial charge on any atom is -0.487 e. The SMILES string of the molecule is CCOc1c(C(=O)NCCCBr)cccc1[N+](=O)[O-]. The van der Waals surface area contributed by atoms with Gasteiger partial charge in [-0.15, -0.1) is 0 Å². The lowest BCUT2D eigenvalue weighted by Gasteiger charge is -2.10. The number of alkyl halides is 1. The van der Waals surface area contributed by atoms with Crippen molar-refractivity contribution in [3.05, 3.63) is 33.9 Å². The van der Waals surface area contributed by atoms with Crippen LogP contribution in [-0.4, -0.2) is 29.3 Å². The average Bonchev–Trinajstić information content (AvgIpc) is 2.39. The standard InChI is InChI=1S/C12H15BrN2O4/c1-2-19-11-9(12(16)14-8-4-7-13)5-3-6-10(11)15(17)18/h3,5-6H,2,4,7-8H2,1H3,(H,14,16). The molecule has 0 saturated heterocycles. The van der Waals surface area contributed by atoms with Gasteiger partial charge in [-0.05, 0) is 19.4 Å². The fraction of sp³-hybridized carbons (Fsp3) is 0.417. The Bertz CT molecular complexity index is 465. The first-order valence-electron chi connectivity index (χ1n) is 5.86. The summed E-state index contributed by atoms with van der Waals surface area (Å²) in [5, 5.41) is 14.4. The number of ether oxygens (including phenoxy) is 1. The second-order valence-corrected chi connectivity index (χ2v) is 4.44. The first-order chi connectivity index (χ1) is 9.11. The van der Waals surface area contributed by atoms with E-state index in [2.05, 4.69) is 21.2 Å². The molecule has 0 radical (unpaired) electrons. The van der Waals surface area contributed by atoms with Gasteiger partial charge in [0.2, 0.25) is 5.75 Å². The Labute approximate surface area is 119 Å². The van der Waals surface area contributed by atoms with Crippen LogP contribution in [0.4, 0.5) is 5.69 Å². The lowest BCUT2D eigenvalue weighted by Crippen LogP contribution is -2.25. The molecule has 0 heterocycles. The summed E-state index contributed by atoms with van der Waals surface area (Å²) in [7, 11) is 0. The van der Waals surface area contributed by atoms with Gasteiger partial charge in [-0.2, -0.15) is 0 Å². The molecule has 0 unspecified atom stereocenters. The number of hydrogen-bond donors (Lipinski definition) is 1. The molecule has 1 amide bonds. The van der Waals surface area contributed by atoms with Crippen molar-refractivity contribution in [2.75, 3.05) is 18.5 Å². The van der Waals surface area contributed by atoms with Crippen molar-refractivity contribution >= 4 is 27.5 Å². The Morgan fingerprint density at radius 3 is 2.84 bits per heavy atom. The molecule has 19 heavy (non-hydrogen) atoms. The van der Waals surface area contributed by atoms with Gasteiger partial charge in [0.1, 0.15) is 0 Å². The van der Waals surface area contributed by atoms with Gasteiger partial charge in [0.15, 0.2) is 0 Å². The number of nitro groups is 1. The summed E-state index contributed by atoms with van der Waals surface area (Å²) in [5.74, 6) is -0.348. The van der Waals surface area contributed by atoms with Crippen molar-refractivity contribution in [2.24, 2.45) is 0 Å². The molecule has 1 aromatic carbocycles. The molecule has 0 aromatic heterocycles. The molecular weight excluding hydrogens is 316 g/mol. The molecule has 0 aliphatic rings. The summed E-state index contributed by atoms with van der Waals surface area (Å²) in [6.45, 7) is 2.47. The average molecular weight is 331 g/mol. The molecule has 0 saturated carbocycles. The van der Waals surface area contributed by atoms with Crippen LogP contribution < -0.4 is 10.1 Å². The number of carbonyl (C=O) groups excluding carboxylic acids is 1. The molecule has 0 atom stereocenters. The van der Waals surface area contributed by atoms with Crippen LogP contribution in [0.25, 0.3) is 0 Å². The van der Waals surface area contributed by atoms with Crippen LogP contribution >= 0.6 is 15.9 Å². The van der Waals surface area contributed by atoms with E-state index in [9.17, 15) is 14.9 Å². The molecule has 0 aliphatic carbocycles. The van der Waals surface area contributed by atoms with Crippen molar-refractivity contribution in [1.82, 2.24) is 5.32 Å². The molecular formula is C12H15BrN2O4. The molecule has 7 heteroatoms. The lowest BCUT2D eigenvalue weighted by atomic mass is 10.1. The number of nitrogens with one attached hydrogen (secondary N) is 1. The van der Waals surface area contributed by atoms with Crippen LogP contribution in [0.5, 0.6) is 5.75 Å². The highest BCUT2D eigenvalue weighted by Crippen LogP contribution is 2.30. The topological polar surface area (TPSA) is 81.5 Å². The zero-order valence-electron chi connectivity index (χ0n) is 10.5. The molecule has 0 bridgehead atoms. The fourth-order valence-corrected chi connectivity index (χ4v) is 1.79. The Morgan fingerprint density at radius 1 is 1.53 bits per heavy atom. The summed E-state index contributed by atoms with van der Waals surface area (Å²) in [4.78, 5) is 22.3. The Hall–Kier alpha value is -1.63. The number of hydrogen-bond acceptors (Lipinski definition) is 4. The number of rotatable bonds is 7. The van der Waals surface area contributed by atoms with Crippen molar-refractivity contribution < 1.29 is 14.5 Å². The van der Waals surface area contributed by atoms with Gasteiger partial charge in [-0.1, -0.05) is 22.0 Å². The van der Waals surface area contributed by atoms with E-state index in [0.29, 0.717) is 6.54 Å². The molecule has 6 nitrogen and oxygen atoms in total. The van der Waals surface area contributed by atoms with Crippen LogP contribution in [0.15, 0.2) is 18.2 Å². The Kier molecular flexibility index (Phi) is 6.27. The third kappa shape index (κ3) is 4.20. The van der Waals surface area contributed by atoms with Gasteiger partial charge >= 0.3 is 5.69 Å². The molecule has 1 rings (SSSR count).